The molecule has 0 bridgehead atoms. The molecule has 4 nitrogen and oxygen atoms in total. The van der Waals surface area contributed by atoms with Crippen molar-refractivity contribution in [3.8, 4) is 0 Å². The van der Waals surface area contributed by atoms with Crippen LogP contribution in [0.2, 0.25) is 5.02 Å². The number of rotatable bonds is 6. The zero-order chi connectivity index (χ0) is 15.1. The highest BCUT2D eigenvalue weighted by Gasteiger charge is 2.14. The topological polar surface area (TPSA) is 50.4 Å². The zero-order valence-electron chi connectivity index (χ0n) is 12.5. The van der Waals surface area contributed by atoms with Crippen LogP contribution < -0.4 is 10.6 Å². The highest BCUT2D eigenvalue weighted by molar-refractivity contribution is 6.30. The van der Waals surface area contributed by atoms with Gasteiger partial charge in [-0.2, -0.15) is 0 Å². The maximum absolute atomic E-state index is 11.8. The third-order valence-corrected chi connectivity index (χ3v) is 3.93. The smallest absolute Gasteiger partial charge is 0.319 e. The Morgan fingerprint density at radius 3 is 3.00 bits per heavy atom. The molecule has 5 heteroatoms. The van der Waals surface area contributed by atoms with E-state index in [0.717, 1.165) is 37.1 Å². The lowest BCUT2D eigenvalue weighted by Crippen LogP contribution is -2.29. The molecular formula is C16H23ClN2O2. The first-order valence-corrected chi connectivity index (χ1v) is 7.95. The fourth-order valence-corrected chi connectivity index (χ4v) is 2.73. The predicted octanol–water partition coefficient (Wildman–Crippen LogP) is 4.12. The van der Waals surface area contributed by atoms with Gasteiger partial charge in [0.25, 0.3) is 0 Å². The summed E-state index contributed by atoms with van der Waals surface area (Å²) in [6.07, 6.45) is 5.97. The monoisotopic (exact) mass is 310 g/mol. The maximum atomic E-state index is 11.8. The average Bonchev–Trinajstić information content (AvgIpc) is 2.95. The molecule has 116 valence electrons. The summed E-state index contributed by atoms with van der Waals surface area (Å²) in [6, 6.07) is 5.25. The Bertz CT molecular complexity index is 473. The molecule has 1 atom stereocenters. The van der Waals surface area contributed by atoms with Crippen molar-refractivity contribution in [2.75, 3.05) is 18.5 Å². The van der Waals surface area contributed by atoms with Crippen LogP contribution in [0.4, 0.5) is 10.5 Å². The molecule has 1 unspecified atom stereocenters. The number of ether oxygens (including phenoxy) is 1. The van der Waals surface area contributed by atoms with Crippen molar-refractivity contribution in [1.29, 1.82) is 0 Å². The van der Waals surface area contributed by atoms with Crippen LogP contribution in [0.5, 0.6) is 0 Å². The SMILES string of the molecule is Cc1cc(Cl)ccc1NC(=O)NCCCCC1CCCO1. The Morgan fingerprint density at radius 2 is 2.29 bits per heavy atom. The van der Waals surface area contributed by atoms with Crippen molar-refractivity contribution in [3.63, 3.8) is 0 Å². The number of hydrogen-bond acceptors (Lipinski definition) is 2. The minimum atomic E-state index is -0.169. The highest BCUT2D eigenvalue weighted by Crippen LogP contribution is 2.19. The molecule has 0 radical (unpaired) electrons. The molecular weight excluding hydrogens is 288 g/mol. The second-order valence-corrected chi connectivity index (χ2v) is 5.91. The van der Waals surface area contributed by atoms with Crippen molar-refractivity contribution in [3.05, 3.63) is 28.8 Å². The molecule has 1 aromatic rings. The molecule has 2 N–H and O–H groups in total. The van der Waals surface area contributed by atoms with Gasteiger partial charge in [-0.05, 0) is 62.8 Å². The highest BCUT2D eigenvalue weighted by atomic mass is 35.5. The second-order valence-electron chi connectivity index (χ2n) is 5.47. The number of unbranched alkanes of at least 4 members (excludes halogenated alkanes) is 1. The molecule has 1 aliphatic heterocycles. The summed E-state index contributed by atoms with van der Waals surface area (Å²) in [6.45, 7) is 3.51. The first-order valence-electron chi connectivity index (χ1n) is 7.58. The number of carbonyl (C=O) groups is 1. The lowest BCUT2D eigenvalue weighted by atomic mass is 10.1. The Kier molecular flexibility index (Phi) is 6.33. The van der Waals surface area contributed by atoms with Gasteiger partial charge in [0, 0.05) is 23.9 Å². The molecule has 1 aromatic carbocycles. The van der Waals surface area contributed by atoms with E-state index in [4.69, 9.17) is 16.3 Å². The quantitative estimate of drug-likeness (QED) is 0.777. The van der Waals surface area contributed by atoms with Crippen molar-refractivity contribution in [2.24, 2.45) is 0 Å². The van der Waals surface area contributed by atoms with Crippen molar-refractivity contribution >= 4 is 23.3 Å². The van der Waals surface area contributed by atoms with Gasteiger partial charge in [-0.15, -0.1) is 0 Å². The molecule has 1 heterocycles. The molecule has 0 spiro atoms. The summed E-state index contributed by atoms with van der Waals surface area (Å²) in [5.41, 5.74) is 1.74. The van der Waals surface area contributed by atoms with E-state index in [9.17, 15) is 4.79 Å². The van der Waals surface area contributed by atoms with E-state index < -0.39 is 0 Å². The second kappa shape index (κ2) is 8.25. The fourth-order valence-electron chi connectivity index (χ4n) is 2.50. The lowest BCUT2D eigenvalue weighted by Gasteiger charge is -2.11. The zero-order valence-corrected chi connectivity index (χ0v) is 13.2. The number of aryl methyl sites for hydroxylation is 1. The summed E-state index contributed by atoms with van der Waals surface area (Å²) in [4.78, 5) is 11.8. The first-order chi connectivity index (χ1) is 10.1. The lowest BCUT2D eigenvalue weighted by molar-refractivity contribution is 0.102. The average molecular weight is 311 g/mol. The standard InChI is InChI=1S/C16H23ClN2O2/c1-12-11-13(17)7-8-15(12)19-16(20)18-9-3-2-5-14-6-4-10-21-14/h7-8,11,14H,2-6,9-10H2,1H3,(H2,18,19,20). The Balaban J connectivity index is 1.60. The van der Waals surface area contributed by atoms with Crippen LogP contribution in [0.25, 0.3) is 0 Å². The van der Waals surface area contributed by atoms with Gasteiger partial charge in [-0.3, -0.25) is 0 Å². The number of benzene rings is 1. The van der Waals surface area contributed by atoms with Crippen LogP contribution >= 0.6 is 11.6 Å². The molecule has 0 aromatic heterocycles. The molecule has 2 rings (SSSR count). The summed E-state index contributed by atoms with van der Waals surface area (Å²) in [5, 5.41) is 6.38. The van der Waals surface area contributed by atoms with E-state index in [0.29, 0.717) is 17.7 Å². The molecule has 21 heavy (non-hydrogen) atoms. The Labute approximate surface area is 131 Å². The Morgan fingerprint density at radius 1 is 1.43 bits per heavy atom. The first kappa shape index (κ1) is 16.1. The van der Waals surface area contributed by atoms with E-state index in [1.807, 2.05) is 19.1 Å². The summed E-state index contributed by atoms with van der Waals surface area (Å²) < 4.78 is 5.57. The maximum Gasteiger partial charge on any atom is 0.319 e. The van der Waals surface area contributed by atoms with E-state index in [1.54, 1.807) is 6.07 Å². The van der Waals surface area contributed by atoms with E-state index in [2.05, 4.69) is 10.6 Å². The predicted molar refractivity (Wildman–Crippen MR) is 86.0 cm³/mol. The van der Waals surface area contributed by atoms with Crippen LogP contribution in [0, 0.1) is 6.92 Å². The van der Waals surface area contributed by atoms with Gasteiger partial charge in [-0.25, -0.2) is 4.79 Å². The van der Waals surface area contributed by atoms with Crippen LogP contribution in [-0.4, -0.2) is 25.3 Å². The number of amides is 2. The van der Waals surface area contributed by atoms with E-state index in [1.165, 1.54) is 12.8 Å². The number of hydrogen-bond donors (Lipinski definition) is 2. The molecule has 1 fully saturated rings. The Hall–Kier alpha value is -1.26. The number of carbonyl (C=O) groups excluding carboxylic acids is 1. The van der Waals surface area contributed by atoms with E-state index >= 15 is 0 Å². The summed E-state index contributed by atoms with van der Waals surface area (Å²) in [5.74, 6) is 0. The van der Waals surface area contributed by atoms with Crippen LogP contribution in [0.1, 0.15) is 37.7 Å². The third kappa shape index (κ3) is 5.56. The van der Waals surface area contributed by atoms with Gasteiger partial charge in [-0.1, -0.05) is 11.6 Å². The van der Waals surface area contributed by atoms with Gasteiger partial charge >= 0.3 is 6.03 Å². The normalized spacial score (nSPS) is 17.7. The van der Waals surface area contributed by atoms with Gasteiger partial charge in [0.1, 0.15) is 0 Å². The number of urea groups is 1. The number of nitrogens with one attached hydrogen (secondary N) is 2. The van der Waals surface area contributed by atoms with Crippen molar-refractivity contribution in [2.45, 2.75) is 45.1 Å². The summed E-state index contributed by atoms with van der Waals surface area (Å²) in [7, 11) is 0. The minimum absolute atomic E-state index is 0.169. The van der Waals surface area contributed by atoms with Gasteiger partial charge in [0.15, 0.2) is 0 Å². The molecule has 0 saturated carbocycles. The van der Waals surface area contributed by atoms with Crippen LogP contribution in [-0.2, 0) is 4.74 Å². The van der Waals surface area contributed by atoms with Crippen LogP contribution in [0.15, 0.2) is 18.2 Å². The fraction of sp³-hybridized carbons (Fsp3) is 0.562. The molecule has 1 saturated heterocycles. The number of halogens is 1. The minimum Gasteiger partial charge on any atom is -0.378 e. The van der Waals surface area contributed by atoms with Gasteiger partial charge in [0.05, 0.1) is 6.10 Å². The van der Waals surface area contributed by atoms with E-state index in [-0.39, 0.29) is 6.03 Å². The molecule has 2 amide bonds. The molecule has 1 aliphatic rings. The van der Waals surface area contributed by atoms with Gasteiger partial charge < -0.3 is 15.4 Å². The van der Waals surface area contributed by atoms with Crippen molar-refractivity contribution in [1.82, 2.24) is 5.32 Å². The molecule has 0 aliphatic carbocycles. The van der Waals surface area contributed by atoms with Gasteiger partial charge in [0.2, 0.25) is 0 Å². The van der Waals surface area contributed by atoms with Crippen LogP contribution in [0.3, 0.4) is 0 Å². The third-order valence-electron chi connectivity index (χ3n) is 3.70. The van der Waals surface area contributed by atoms with Crippen molar-refractivity contribution < 1.29 is 9.53 Å². The summed E-state index contributed by atoms with van der Waals surface area (Å²) >= 11 is 5.89. The number of anilines is 1. The largest absolute Gasteiger partial charge is 0.378 e.